The third-order valence-corrected chi connectivity index (χ3v) is 28.1. The van der Waals surface area contributed by atoms with E-state index >= 15 is 0 Å². The minimum absolute atomic E-state index is 0.0538. The second-order valence-electron chi connectivity index (χ2n) is 9.46. The van der Waals surface area contributed by atoms with E-state index in [2.05, 4.69) is 151 Å². The molecule has 7 heteroatoms. The molecular weight excluding hydrogens is 727 g/mol. The first-order valence-electron chi connectivity index (χ1n) is 8.83. The zero-order valence-electron chi connectivity index (χ0n) is 16.8. The van der Waals surface area contributed by atoms with E-state index in [0.29, 0.717) is 11.8 Å². The molecule has 0 saturated heterocycles. The van der Waals surface area contributed by atoms with Gasteiger partial charge in [0.05, 0.1) is 0 Å². The molecule has 0 rings (SSSR count). The van der Waals surface area contributed by atoms with Crippen LogP contribution < -0.4 is 0 Å². The topological polar surface area (TPSA) is 0 Å². The number of rotatable bonds is 10. The average molecular weight is 762 g/mol. The molecule has 0 N–H and O–H groups in total. The number of alkyl halides is 6. The number of halogens is 6. The molecule has 0 aromatic heterocycles. The Hall–Kier alpha value is 3.31. The fraction of sp³-hybridized carbons (Fsp3) is 1.00. The predicted octanol–water partition coefficient (Wildman–Crippen LogP) is 9.78. The Morgan fingerprint density at radius 2 is 0.880 bits per heavy atom. The molecule has 25 heavy (non-hydrogen) atoms. The van der Waals surface area contributed by atoms with Crippen molar-refractivity contribution in [2.24, 2.45) is 22.7 Å². The average Bonchev–Trinajstić information content (AvgIpc) is 2.44. The summed E-state index contributed by atoms with van der Waals surface area (Å²) >= 11 is 24.7. The zero-order chi connectivity index (χ0) is 20.5. The van der Waals surface area contributed by atoms with Crippen molar-refractivity contribution in [3.8, 4) is 0 Å². The van der Waals surface area contributed by atoms with Crippen LogP contribution in [0.25, 0.3) is 0 Å². The monoisotopic (exact) mass is 756 g/mol. The van der Waals surface area contributed by atoms with Crippen LogP contribution >= 0.6 is 103 Å². The van der Waals surface area contributed by atoms with Crippen LogP contribution in [-0.2, 0) is 0 Å². The second kappa shape index (κ2) is 10.1. The summed E-state index contributed by atoms with van der Waals surface area (Å²) in [6, 6.07) is 0. The molecule has 0 fully saturated rings. The molecule has 154 valence electrons. The van der Waals surface area contributed by atoms with Crippen molar-refractivity contribution >= 4 is 103 Å². The van der Waals surface area contributed by atoms with Crippen LogP contribution in [0.4, 0.5) is 0 Å². The first-order chi connectivity index (χ1) is 11.0. The van der Waals surface area contributed by atoms with Crippen LogP contribution in [0.3, 0.4) is 0 Å². The molecule has 0 aliphatic heterocycles. The summed E-state index contributed by atoms with van der Waals surface area (Å²) in [6.07, 6.45) is 2.45. The third-order valence-electron chi connectivity index (χ3n) is 5.08. The molecule has 0 unspecified atom stereocenters. The van der Waals surface area contributed by atoms with Gasteiger partial charge in [-0.2, -0.15) is 0 Å². The van der Waals surface area contributed by atoms with E-state index in [1.54, 1.807) is 0 Å². The Kier molecular flexibility index (Phi) is 11.4. The molecule has 0 saturated carbocycles. The van der Waals surface area contributed by atoms with E-state index < -0.39 is 7.26 Å². The molecule has 0 aromatic rings. The van der Waals surface area contributed by atoms with Gasteiger partial charge in [-0.1, -0.05) is 0 Å². The molecular formula is C18H35Br6P. The first kappa shape index (κ1) is 28.3. The molecule has 0 radical (unpaired) electrons. The normalized spacial score (nSPS) is 16.0. The maximum absolute atomic E-state index is 4.27. The van der Waals surface area contributed by atoms with Crippen LogP contribution in [0, 0.1) is 22.7 Å². The van der Waals surface area contributed by atoms with Crippen LogP contribution in [0.15, 0.2) is 0 Å². The standard InChI is InChI=1S/C18H35Br6P/c1-13(2)9-25(10-14(3)4,17(21,22)15(5,6)11-19)18(23,24)16(7,8)12-20/h13-14,25H,9-12H2,1-8H3. The van der Waals surface area contributed by atoms with Crippen molar-refractivity contribution in [2.45, 2.75) is 61.3 Å². The van der Waals surface area contributed by atoms with E-state index in [1.807, 2.05) is 0 Å². The quantitative estimate of drug-likeness (QED) is 0.154. The van der Waals surface area contributed by atoms with Gasteiger partial charge in [0.1, 0.15) is 0 Å². The first-order valence-corrected chi connectivity index (χ1v) is 16.7. The Labute approximate surface area is 207 Å². The van der Waals surface area contributed by atoms with Crippen molar-refractivity contribution in [3.05, 3.63) is 0 Å². The predicted molar refractivity (Wildman–Crippen MR) is 144 cm³/mol. The second-order valence-corrected chi connectivity index (χ2v) is 24.9. The molecule has 0 heterocycles. The Balaban J connectivity index is 6.85. The van der Waals surface area contributed by atoms with Gasteiger partial charge < -0.3 is 0 Å². The van der Waals surface area contributed by atoms with Gasteiger partial charge >= 0.3 is 210 Å². The summed E-state index contributed by atoms with van der Waals surface area (Å²) in [5, 5.41) is 1.87. The van der Waals surface area contributed by atoms with Gasteiger partial charge in [0.25, 0.3) is 0 Å². The Bertz CT molecular complexity index is 389. The van der Waals surface area contributed by atoms with Gasteiger partial charge in [-0.05, 0) is 0 Å². The minimum atomic E-state index is -2.08. The molecule has 0 aliphatic rings. The third kappa shape index (κ3) is 5.72. The molecule has 0 spiro atoms. The van der Waals surface area contributed by atoms with E-state index in [-0.39, 0.29) is 16.8 Å². The van der Waals surface area contributed by atoms with Crippen molar-refractivity contribution in [1.82, 2.24) is 0 Å². The van der Waals surface area contributed by atoms with E-state index in [4.69, 9.17) is 0 Å². The fourth-order valence-electron chi connectivity index (χ4n) is 3.65. The van der Waals surface area contributed by atoms with E-state index in [0.717, 1.165) is 10.7 Å². The van der Waals surface area contributed by atoms with Crippen molar-refractivity contribution in [1.29, 1.82) is 0 Å². The van der Waals surface area contributed by atoms with Gasteiger partial charge in [0.2, 0.25) is 0 Å². The molecule has 0 nitrogen and oxygen atoms in total. The number of hydrogen-bond donors (Lipinski definition) is 0. The van der Waals surface area contributed by atoms with Gasteiger partial charge in [0.15, 0.2) is 0 Å². The van der Waals surface area contributed by atoms with Crippen LogP contribution in [0.2, 0.25) is 0 Å². The fourth-order valence-corrected chi connectivity index (χ4v) is 24.9. The van der Waals surface area contributed by atoms with Gasteiger partial charge in [-0.3, -0.25) is 0 Å². The Morgan fingerprint density at radius 3 is 1.04 bits per heavy atom. The summed E-state index contributed by atoms with van der Waals surface area (Å²) in [5.74, 6) is 1.26. The zero-order valence-corrected chi connectivity index (χ0v) is 27.3. The van der Waals surface area contributed by atoms with Gasteiger partial charge in [-0.25, -0.2) is 0 Å². The van der Waals surface area contributed by atoms with Crippen LogP contribution in [0.1, 0.15) is 55.4 Å². The molecule has 0 aromatic carbocycles. The van der Waals surface area contributed by atoms with Crippen molar-refractivity contribution in [3.63, 3.8) is 0 Å². The van der Waals surface area contributed by atoms with Gasteiger partial charge in [0, 0.05) is 0 Å². The SMILES string of the molecule is CC(C)C[PH](CC(C)C)(C(Br)(Br)C(C)(C)CBr)C(Br)(Br)C(C)(C)CBr. The van der Waals surface area contributed by atoms with Gasteiger partial charge in [-0.15, -0.1) is 0 Å². The Morgan fingerprint density at radius 1 is 0.640 bits per heavy atom. The number of hydrogen-bond acceptors (Lipinski definition) is 0. The summed E-state index contributed by atoms with van der Waals surface area (Å²) in [7, 11) is -2.08. The van der Waals surface area contributed by atoms with E-state index in [1.165, 1.54) is 12.3 Å². The maximum atomic E-state index is 4.27. The van der Waals surface area contributed by atoms with Crippen LogP contribution in [-0.4, -0.2) is 28.9 Å². The molecule has 0 atom stereocenters. The van der Waals surface area contributed by atoms with Crippen molar-refractivity contribution in [2.75, 3.05) is 23.0 Å². The van der Waals surface area contributed by atoms with E-state index in [9.17, 15) is 0 Å². The molecule has 0 amide bonds. The van der Waals surface area contributed by atoms with Crippen molar-refractivity contribution < 1.29 is 0 Å². The summed E-state index contributed by atoms with van der Waals surface area (Å²) < 4.78 is -0.269. The summed E-state index contributed by atoms with van der Waals surface area (Å²) in [5.41, 5.74) is 0.108. The molecule has 0 aliphatic carbocycles. The molecule has 0 bridgehead atoms. The summed E-state index contributed by atoms with van der Waals surface area (Å²) in [4.78, 5) is 0. The van der Waals surface area contributed by atoms with Crippen LogP contribution in [0.5, 0.6) is 0 Å². The summed E-state index contributed by atoms with van der Waals surface area (Å²) in [6.45, 7) is 18.8.